The highest BCUT2D eigenvalue weighted by atomic mass is 16.1. The van der Waals surface area contributed by atoms with Gasteiger partial charge in [0, 0.05) is 34.6 Å². The second-order valence-electron chi connectivity index (χ2n) is 6.92. The molecule has 142 valence electrons. The number of aromatic nitrogens is 2. The van der Waals surface area contributed by atoms with E-state index in [4.69, 9.17) is 0 Å². The molecule has 0 atom stereocenters. The van der Waals surface area contributed by atoms with E-state index >= 15 is 0 Å². The standard InChI is InChI=1S/C25H20N2O2/c1-17(28)19-7-11-21(12-8-19)23-5-3-6-24(25(23)27-16-4-15-26-27)22-13-9-20(10-14-22)18(2)29/h3-16H,1-2H3. The van der Waals surface area contributed by atoms with Gasteiger partial charge in [-0.15, -0.1) is 0 Å². The minimum atomic E-state index is 0.0446. The van der Waals surface area contributed by atoms with Gasteiger partial charge in [0.2, 0.25) is 0 Å². The van der Waals surface area contributed by atoms with E-state index in [1.54, 1.807) is 20.0 Å². The lowest BCUT2D eigenvalue weighted by atomic mass is 9.94. The zero-order chi connectivity index (χ0) is 20.4. The van der Waals surface area contributed by atoms with E-state index in [9.17, 15) is 9.59 Å². The van der Waals surface area contributed by atoms with E-state index in [1.807, 2.05) is 83.7 Å². The molecular formula is C25H20N2O2. The summed E-state index contributed by atoms with van der Waals surface area (Å²) in [5.41, 5.74) is 6.35. The van der Waals surface area contributed by atoms with Crippen molar-refractivity contribution in [3.8, 4) is 27.9 Å². The Morgan fingerprint density at radius 2 is 1.17 bits per heavy atom. The van der Waals surface area contributed by atoms with Crippen LogP contribution in [0.1, 0.15) is 34.6 Å². The van der Waals surface area contributed by atoms with Crippen LogP contribution in [0, 0.1) is 0 Å². The lowest BCUT2D eigenvalue weighted by Gasteiger charge is -2.16. The summed E-state index contributed by atoms with van der Waals surface area (Å²) in [6, 6.07) is 23.2. The second-order valence-corrected chi connectivity index (χ2v) is 6.92. The van der Waals surface area contributed by atoms with Crippen LogP contribution in [0.15, 0.2) is 85.2 Å². The SMILES string of the molecule is CC(=O)c1ccc(-c2cccc(-c3ccc(C(C)=O)cc3)c2-n2cccn2)cc1. The molecule has 3 aromatic carbocycles. The summed E-state index contributed by atoms with van der Waals surface area (Å²) >= 11 is 0. The molecule has 0 radical (unpaired) electrons. The Hall–Kier alpha value is -3.79. The molecule has 4 nitrogen and oxygen atoms in total. The largest absolute Gasteiger partial charge is 0.295 e. The summed E-state index contributed by atoms with van der Waals surface area (Å²) in [6.45, 7) is 3.13. The van der Waals surface area contributed by atoms with Crippen LogP contribution in [0.4, 0.5) is 0 Å². The van der Waals surface area contributed by atoms with Gasteiger partial charge in [-0.3, -0.25) is 9.59 Å². The number of benzene rings is 3. The first-order valence-electron chi connectivity index (χ1n) is 9.40. The van der Waals surface area contributed by atoms with E-state index in [0.29, 0.717) is 11.1 Å². The molecule has 4 aromatic rings. The molecule has 4 rings (SSSR count). The maximum atomic E-state index is 11.6. The number of hydrogen-bond donors (Lipinski definition) is 0. The first-order chi connectivity index (χ1) is 14.0. The number of ketones is 2. The van der Waals surface area contributed by atoms with Crippen molar-refractivity contribution in [2.24, 2.45) is 0 Å². The van der Waals surface area contributed by atoms with E-state index in [0.717, 1.165) is 27.9 Å². The average molecular weight is 380 g/mol. The van der Waals surface area contributed by atoms with Crippen LogP contribution >= 0.6 is 0 Å². The summed E-state index contributed by atoms with van der Waals surface area (Å²) in [5.74, 6) is 0.0892. The van der Waals surface area contributed by atoms with Crippen molar-refractivity contribution in [2.45, 2.75) is 13.8 Å². The summed E-state index contributed by atoms with van der Waals surface area (Å²) in [4.78, 5) is 23.2. The maximum absolute atomic E-state index is 11.6. The average Bonchev–Trinajstić information content (AvgIpc) is 3.28. The van der Waals surface area contributed by atoms with E-state index < -0.39 is 0 Å². The summed E-state index contributed by atoms with van der Waals surface area (Å²) in [7, 11) is 0. The number of carbonyl (C=O) groups is 2. The molecule has 0 amide bonds. The Morgan fingerprint density at radius 3 is 1.55 bits per heavy atom. The Morgan fingerprint density at radius 1 is 0.690 bits per heavy atom. The third-order valence-electron chi connectivity index (χ3n) is 4.97. The van der Waals surface area contributed by atoms with Crippen molar-refractivity contribution in [1.82, 2.24) is 9.78 Å². The minimum Gasteiger partial charge on any atom is -0.295 e. The summed E-state index contributed by atoms with van der Waals surface area (Å²) in [6.07, 6.45) is 3.66. The van der Waals surface area contributed by atoms with Crippen LogP contribution in [0.2, 0.25) is 0 Å². The monoisotopic (exact) mass is 380 g/mol. The quantitative estimate of drug-likeness (QED) is 0.423. The number of para-hydroxylation sites is 1. The van der Waals surface area contributed by atoms with E-state index in [-0.39, 0.29) is 11.6 Å². The van der Waals surface area contributed by atoms with Crippen LogP contribution in [0.3, 0.4) is 0 Å². The van der Waals surface area contributed by atoms with Crippen LogP contribution in [-0.2, 0) is 0 Å². The highest BCUT2D eigenvalue weighted by Crippen LogP contribution is 2.35. The molecule has 0 saturated heterocycles. The van der Waals surface area contributed by atoms with Crippen molar-refractivity contribution in [2.75, 3.05) is 0 Å². The predicted octanol–water partition coefficient (Wildman–Crippen LogP) is 5.61. The number of rotatable bonds is 5. The van der Waals surface area contributed by atoms with Crippen LogP contribution in [0.25, 0.3) is 27.9 Å². The van der Waals surface area contributed by atoms with Gasteiger partial charge in [-0.1, -0.05) is 66.7 Å². The van der Waals surface area contributed by atoms with Gasteiger partial charge in [0.15, 0.2) is 11.6 Å². The molecule has 0 unspecified atom stereocenters. The Bertz CT molecular complexity index is 1100. The van der Waals surface area contributed by atoms with Gasteiger partial charge < -0.3 is 0 Å². The fraction of sp³-hybridized carbons (Fsp3) is 0.0800. The lowest BCUT2D eigenvalue weighted by Crippen LogP contribution is -2.01. The minimum absolute atomic E-state index is 0.0446. The molecular weight excluding hydrogens is 360 g/mol. The van der Waals surface area contributed by atoms with Crippen molar-refractivity contribution < 1.29 is 9.59 Å². The third-order valence-corrected chi connectivity index (χ3v) is 4.97. The summed E-state index contributed by atoms with van der Waals surface area (Å²) < 4.78 is 1.85. The van der Waals surface area contributed by atoms with Crippen molar-refractivity contribution in [3.05, 3.63) is 96.3 Å². The van der Waals surface area contributed by atoms with Crippen molar-refractivity contribution in [1.29, 1.82) is 0 Å². The molecule has 0 spiro atoms. The van der Waals surface area contributed by atoms with Gasteiger partial charge in [0.1, 0.15) is 0 Å². The van der Waals surface area contributed by atoms with Gasteiger partial charge >= 0.3 is 0 Å². The van der Waals surface area contributed by atoms with Crippen molar-refractivity contribution in [3.63, 3.8) is 0 Å². The molecule has 1 heterocycles. The van der Waals surface area contributed by atoms with E-state index in [2.05, 4.69) is 5.10 Å². The third kappa shape index (κ3) is 3.65. The smallest absolute Gasteiger partial charge is 0.159 e. The molecule has 0 aliphatic heterocycles. The molecule has 29 heavy (non-hydrogen) atoms. The molecule has 0 N–H and O–H groups in total. The van der Waals surface area contributed by atoms with Crippen LogP contribution < -0.4 is 0 Å². The van der Waals surface area contributed by atoms with Gasteiger partial charge in [-0.2, -0.15) is 5.10 Å². The number of carbonyl (C=O) groups excluding carboxylic acids is 2. The highest BCUT2D eigenvalue weighted by molar-refractivity contribution is 5.96. The van der Waals surface area contributed by atoms with Gasteiger partial charge in [-0.25, -0.2) is 4.68 Å². The zero-order valence-corrected chi connectivity index (χ0v) is 16.3. The van der Waals surface area contributed by atoms with Crippen molar-refractivity contribution >= 4 is 11.6 Å². The molecule has 1 aromatic heterocycles. The maximum Gasteiger partial charge on any atom is 0.159 e. The predicted molar refractivity (Wildman–Crippen MR) is 114 cm³/mol. The Balaban J connectivity index is 1.90. The van der Waals surface area contributed by atoms with Gasteiger partial charge in [0.25, 0.3) is 0 Å². The molecule has 0 aliphatic carbocycles. The summed E-state index contributed by atoms with van der Waals surface area (Å²) in [5, 5.41) is 4.46. The fourth-order valence-corrected chi connectivity index (χ4v) is 3.43. The number of Topliss-reactive ketones (excluding diaryl/α,β-unsaturated/α-hetero) is 2. The van der Waals surface area contributed by atoms with E-state index in [1.165, 1.54) is 0 Å². The number of hydrogen-bond acceptors (Lipinski definition) is 3. The second kappa shape index (κ2) is 7.68. The molecule has 0 aliphatic rings. The van der Waals surface area contributed by atoms with Crippen LogP contribution in [0.5, 0.6) is 0 Å². The first kappa shape index (κ1) is 18.6. The van der Waals surface area contributed by atoms with Gasteiger partial charge in [0.05, 0.1) is 5.69 Å². The fourth-order valence-electron chi connectivity index (χ4n) is 3.43. The lowest BCUT2D eigenvalue weighted by molar-refractivity contribution is 0.100. The molecule has 0 bridgehead atoms. The first-order valence-corrected chi connectivity index (χ1v) is 9.40. The molecule has 0 saturated carbocycles. The molecule has 4 heteroatoms. The highest BCUT2D eigenvalue weighted by Gasteiger charge is 2.15. The number of nitrogens with zero attached hydrogens (tertiary/aromatic N) is 2. The van der Waals surface area contributed by atoms with Gasteiger partial charge in [-0.05, 0) is 31.0 Å². The topological polar surface area (TPSA) is 52.0 Å². The van der Waals surface area contributed by atoms with Crippen LogP contribution in [-0.4, -0.2) is 21.3 Å². The Labute approximate surface area is 169 Å². The molecule has 0 fully saturated rings. The Kier molecular flexibility index (Phi) is 4.92. The zero-order valence-electron chi connectivity index (χ0n) is 16.3. The normalized spacial score (nSPS) is 10.7.